The maximum Gasteiger partial charge on any atom is 0.0871 e. The molecule has 0 unspecified atom stereocenters. The van der Waals surface area contributed by atoms with Crippen LogP contribution in [0.1, 0.15) is 32.6 Å². The van der Waals surface area contributed by atoms with E-state index in [-0.39, 0.29) is 36.6 Å². The van der Waals surface area contributed by atoms with Crippen LogP contribution in [0, 0.1) is 0 Å². The number of hydrogen-bond acceptors (Lipinski definition) is 3. The molecule has 3 saturated heterocycles. The van der Waals surface area contributed by atoms with Crippen LogP contribution in [0.15, 0.2) is 16.8 Å². The summed E-state index contributed by atoms with van der Waals surface area (Å²) < 4.78 is 18.6. The van der Waals surface area contributed by atoms with Crippen LogP contribution in [0.25, 0.3) is 0 Å². The van der Waals surface area contributed by atoms with Crippen molar-refractivity contribution in [3.63, 3.8) is 0 Å². The molecule has 0 saturated carbocycles. The fraction of sp³-hybridized carbons (Fsp3) is 0.800. The molecule has 0 aromatic carbocycles. The van der Waals surface area contributed by atoms with Crippen LogP contribution in [-0.4, -0.2) is 41.5 Å². The minimum absolute atomic E-state index is 0.0988. The molecule has 0 amide bonds. The van der Waals surface area contributed by atoms with Crippen molar-refractivity contribution < 1.29 is 14.2 Å². The summed E-state index contributed by atoms with van der Waals surface area (Å²) >= 11 is 6.99. The molecule has 0 aromatic rings. The molecule has 0 radical (unpaired) electrons. The van der Waals surface area contributed by atoms with E-state index < -0.39 is 0 Å². The zero-order valence-corrected chi connectivity index (χ0v) is 14.7. The van der Waals surface area contributed by atoms with Crippen molar-refractivity contribution in [2.24, 2.45) is 0 Å². The van der Waals surface area contributed by atoms with Crippen LogP contribution in [0.4, 0.5) is 0 Å². The third kappa shape index (κ3) is 3.08. The predicted octanol–water partition coefficient (Wildman–Crippen LogP) is 3.70. The van der Waals surface area contributed by atoms with Gasteiger partial charge in [-0.05, 0) is 18.9 Å². The first kappa shape index (κ1) is 15.3. The first-order valence-electron chi connectivity index (χ1n) is 7.33. The molecule has 3 nitrogen and oxygen atoms in total. The average molecular weight is 408 g/mol. The van der Waals surface area contributed by atoms with Crippen LogP contribution >= 0.6 is 31.9 Å². The minimum Gasteiger partial charge on any atom is -0.371 e. The van der Waals surface area contributed by atoms with Gasteiger partial charge in [0.05, 0.1) is 36.6 Å². The highest BCUT2D eigenvalue weighted by atomic mass is 79.9. The number of ether oxygens (including phenoxy) is 3. The van der Waals surface area contributed by atoms with Crippen LogP contribution in [-0.2, 0) is 14.2 Å². The fourth-order valence-corrected chi connectivity index (χ4v) is 4.29. The van der Waals surface area contributed by atoms with Crippen LogP contribution in [0.5, 0.6) is 0 Å². The number of halogens is 2. The van der Waals surface area contributed by atoms with Gasteiger partial charge in [0.15, 0.2) is 0 Å². The number of alkyl halides is 1. The highest BCUT2D eigenvalue weighted by molar-refractivity contribution is 9.11. The van der Waals surface area contributed by atoms with Gasteiger partial charge in [-0.15, -0.1) is 5.73 Å². The maximum absolute atomic E-state index is 6.31. The van der Waals surface area contributed by atoms with Gasteiger partial charge in [-0.1, -0.05) is 38.8 Å². The Morgan fingerprint density at radius 1 is 1.05 bits per heavy atom. The zero-order valence-electron chi connectivity index (χ0n) is 11.5. The summed E-state index contributed by atoms with van der Waals surface area (Å²) in [7, 11) is 0. The van der Waals surface area contributed by atoms with Crippen LogP contribution in [0.2, 0.25) is 0 Å². The summed E-state index contributed by atoms with van der Waals surface area (Å²) in [6, 6.07) is 0. The minimum atomic E-state index is 0.0988. The van der Waals surface area contributed by atoms with E-state index in [1.54, 1.807) is 4.99 Å². The van der Waals surface area contributed by atoms with E-state index in [0.717, 1.165) is 25.7 Å². The quantitative estimate of drug-likeness (QED) is 0.516. The second-order valence-electron chi connectivity index (χ2n) is 5.71. The highest BCUT2D eigenvalue weighted by Crippen LogP contribution is 2.40. The summed E-state index contributed by atoms with van der Waals surface area (Å²) in [5.41, 5.74) is 3.04. The van der Waals surface area contributed by atoms with Gasteiger partial charge in [-0.3, -0.25) is 0 Å². The lowest BCUT2D eigenvalue weighted by molar-refractivity contribution is -0.146. The molecule has 0 N–H and O–H groups in total. The van der Waals surface area contributed by atoms with E-state index in [2.05, 4.69) is 44.5 Å². The van der Waals surface area contributed by atoms with Crippen LogP contribution < -0.4 is 0 Å². The first-order chi connectivity index (χ1) is 9.71. The Labute approximate surface area is 137 Å². The molecule has 20 heavy (non-hydrogen) atoms. The van der Waals surface area contributed by atoms with Gasteiger partial charge in [-0.25, -0.2) is 0 Å². The number of hydrogen-bond donors (Lipinski definition) is 0. The number of rotatable bonds is 2. The predicted molar refractivity (Wildman–Crippen MR) is 84.4 cm³/mol. The summed E-state index contributed by atoms with van der Waals surface area (Å²) in [6.07, 6.45) is 6.91. The lowest BCUT2D eigenvalue weighted by Crippen LogP contribution is -2.40. The Morgan fingerprint density at radius 3 is 2.60 bits per heavy atom. The van der Waals surface area contributed by atoms with E-state index in [4.69, 9.17) is 14.2 Å². The normalized spacial score (nSPS) is 47.0. The Bertz CT molecular complexity index is 402. The largest absolute Gasteiger partial charge is 0.371 e. The Balaban J connectivity index is 1.76. The fourth-order valence-electron chi connectivity index (χ4n) is 3.43. The van der Waals surface area contributed by atoms with Gasteiger partial charge in [0, 0.05) is 22.7 Å². The van der Waals surface area contributed by atoms with Gasteiger partial charge >= 0.3 is 0 Å². The van der Waals surface area contributed by atoms with Crippen LogP contribution in [0.3, 0.4) is 0 Å². The van der Waals surface area contributed by atoms with Crippen molar-refractivity contribution in [1.82, 2.24) is 0 Å². The van der Waals surface area contributed by atoms with Crippen molar-refractivity contribution in [1.29, 1.82) is 0 Å². The summed E-state index contributed by atoms with van der Waals surface area (Å²) in [5, 5.41) is 0. The standard InChI is InChI=1S/C15H20Br2O3/c1-2-11-14-7-10(17)12(20-14)8-15-13(19-11)6-9(18-15)4-3-5-16/h4-5,9-15H,2,6-8H2,1H3/t3?,9-,10+,11-,12+,13-,14+,15-/m1/s1. The molecule has 0 spiro atoms. The third-order valence-corrected chi connectivity index (χ3v) is 5.64. The van der Waals surface area contributed by atoms with Crippen molar-refractivity contribution in [3.8, 4) is 0 Å². The van der Waals surface area contributed by atoms with Crippen molar-refractivity contribution in [2.75, 3.05) is 0 Å². The monoisotopic (exact) mass is 406 g/mol. The zero-order chi connectivity index (χ0) is 14.1. The highest BCUT2D eigenvalue weighted by Gasteiger charge is 2.47. The lowest BCUT2D eigenvalue weighted by Gasteiger charge is -2.32. The SMILES string of the molecule is CC[C@H]1O[C@@H]2C[C@@H](C=C=CBr)O[C@@H]2C[C@@H]2O[C@H]1C[C@@H]2Br. The second-order valence-corrected chi connectivity index (χ2v) is 7.35. The van der Waals surface area contributed by atoms with E-state index in [1.807, 2.05) is 6.08 Å². The van der Waals surface area contributed by atoms with Gasteiger partial charge in [0.25, 0.3) is 0 Å². The van der Waals surface area contributed by atoms with Gasteiger partial charge in [-0.2, -0.15) is 0 Å². The first-order valence-corrected chi connectivity index (χ1v) is 9.16. The Hall–Kier alpha value is 0.360. The van der Waals surface area contributed by atoms with Gasteiger partial charge in [0.2, 0.25) is 0 Å². The average Bonchev–Trinajstić information content (AvgIpc) is 2.97. The smallest absolute Gasteiger partial charge is 0.0871 e. The van der Waals surface area contributed by atoms with E-state index in [9.17, 15) is 0 Å². The molecule has 3 aliphatic rings. The van der Waals surface area contributed by atoms with Gasteiger partial charge in [0.1, 0.15) is 0 Å². The van der Waals surface area contributed by atoms with E-state index in [1.165, 1.54) is 0 Å². The van der Waals surface area contributed by atoms with E-state index >= 15 is 0 Å². The summed E-state index contributed by atoms with van der Waals surface area (Å²) in [4.78, 5) is 2.15. The molecule has 3 aliphatic heterocycles. The Kier molecular flexibility index (Phi) is 5.06. The second kappa shape index (κ2) is 6.64. The molecule has 5 heteroatoms. The molecule has 0 aliphatic carbocycles. The van der Waals surface area contributed by atoms with Crippen molar-refractivity contribution in [3.05, 3.63) is 16.8 Å². The summed E-state index contributed by atoms with van der Waals surface area (Å²) in [6.45, 7) is 2.17. The van der Waals surface area contributed by atoms with Crippen molar-refractivity contribution in [2.45, 2.75) is 74.1 Å². The molecule has 3 rings (SSSR count). The molecule has 7 atom stereocenters. The van der Waals surface area contributed by atoms with E-state index in [0.29, 0.717) is 4.83 Å². The molecule has 0 aromatic heterocycles. The maximum atomic E-state index is 6.31. The lowest BCUT2D eigenvalue weighted by atomic mass is 10.0. The molecule has 2 bridgehead atoms. The molecular weight excluding hydrogens is 388 g/mol. The van der Waals surface area contributed by atoms with Crippen molar-refractivity contribution >= 4 is 31.9 Å². The topological polar surface area (TPSA) is 27.7 Å². The molecule has 3 heterocycles. The molecule has 112 valence electrons. The number of fused-ring (bicyclic) bond motifs is 3. The molecule has 3 fully saturated rings. The van der Waals surface area contributed by atoms with Gasteiger partial charge < -0.3 is 14.2 Å². The molecular formula is C15H20Br2O3. The Morgan fingerprint density at radius 2 is 1.85 bits per heavy atom. The summed E-state index contributed by atoms with van der Waals surface area (Å²) in [5.74, 6) is 0. The third-order valence-electron chi connectivity index (χ3n) is 4.42.